The lowest BCUT2D eigenvalue weighted by Crippen LogP contribution is -2.60. The molecule has 0 bridgehead atoms. The molecule has 7 heteroatoms. The third kappa shape index (κ3) is 6.92. The Hall–Kier alpha value is -6.74. The van der Waals surface area contributed by atoms with Crippen molar-refractivity contribution in [2.24, 2.45) is 0 Å². The highest BCUT2D eigenvalue weighted by Gasteiger charge is 2.46. The van der Waals surface area contributed by atoms with Crippen LogP contribution in [0.2, 0.25) is 0 Å². The van der Waals surface area contributed by atoms with Crippen molar-refractivity contribution >= 4 is 142 Å². The lowest BCUT2D eigenvalue weighted by atomic mass is 9.36. The summed E-state index contributed by atoms with van der Waals surface area (Å²) in [6.45, 7) is 16.5. The van der Waals surface area contributed by atoms with E-state index in [2.05, 4.69) is 234 Å². The molecular weight excluding hydrogens is 948 g/mol. The molecule has 2 aliphatic heterocycles. The van der Waals surface area contributed by atoms with E-state index >= 15 is 0 Å². The summed E-state index contributed by atoms with van der Waals surface area (Å²) < 4.78 is 6.69. The van der Waals surface area contributed by atoms with Gasteiger partial charge in [0.15, 0.2) is 0 Å². The van der Waals surface area contributed by atoms with Gasteiger partial charge in [-0.05, 0) is 182 Å². The lowest BCUT2D eigenvalue weighted by molar-refractivity contribution is 0.591. The number of fused-ring (bicyclic) bond motifs is 9. The molecule has 72 heavy (non-hydrogen) atoms. The number of hydrogen-bond donors (Lipinski definition) is 0. The van der Waals surface area contributed by atoms with E-state index in [1.165, 1.54) is 144 Å². The van der Waals surface area contributed by atoms with Crippen molar-refractivity contribution in [2.75, 3.05) is 9.80 Å². The largest absolute Gasteiger partial charge is 0.311 e. The van der Waals surface area contributed by atoms with Crippen molar-refractivity contribution < 1.29 is 0 Å². The second-order valence-electron chi connectivity index (χ2n) is 21.2. The molecule has 0 fully saturated rings. The molecule has 348 valence electrons. The van der Waals surface area contributed by atoms with Crippen molar-refractivity contribution in [3.05, 3.63) is 198 Å². The van der Waals surface area contributed by atoms with Crippen LogP contribution in [-0.4, -0.2) is 6.71 Å². The Morgan fingerprint density at radius 3 is 1.61 bits per heavy atom. The average molecular weight is 999 g/mol. The maximum Gasteiger partial charge on any atom is 0.264 e. The first-order valence-corrected chi connectivity index (χ1v) is 28.4. The van der Waals surface area contributed by atoms with Crippen LogP contribution in [0.1, 0.15) is 62.8 Å². The highest BCUT2D eigenvalue weighted by Crippen LogP contribution is 2.52. The molecule has 0 N–H and O–H groups in total. The van der Waals surface area contributed by atoms with E-state index in [4.69, 9.17) is 0 Å². The predicted molar refractivity (Wildman–Crippen MR) is 321 cm³/mol. The fourth-order valence-electron chi connectivity index (χ4n) is 11.6. The standard InChI is InChI=1S/C65H51BN2S4/c1-37(2)45-31-52-61-53(32-45)68(62-38(3)27-46(28-39(62)4)60-35-43-17-10-13-22-56(43)71-60)63-49-36-47(65(5,6)7)24-26-57(49)72-64(63)66(61)50-25-23-44(59-34-42-16-9-12-21-55(42)70-59)30-51(50)67(52)48-19-14-18-40(29-48)58-33-41-15-8-11-20-54(41)69-58/h8-37H,1-7H3. The van der Waals surface area contributed by atoms with E-state index < -0.39 is 0 Å². The zero-order valence-corrected chi connectivity index (χ0v) is 44.7. The van der Waals surface area contributed by atoms with Gasteiger partial charge in [0.2, 0.25) is 0 Å². The summed E-state index contributed by atoms with van der Waals surface area (Å²) in [5, 5.41) is 5.21. The molecule has 0 saturated carbocycles. The molecule has 14 rings (SSSR count). The zero-order chi connectivity index (χ0) is 48.7. The smallest absolute Gasteiger partial charge is 0.264 e. The normalized spacial score (nSPS) is 13.2. The molecule has 0 unspecified atom stereocenters. The van der Waals surface area contributed by atoms with E-state index in [9.17, 15) is 0 Å². The summed E-state index contributed by atoms with van der Waals surface area (Å²) in [6, 6.07) is 67.5. The van der Waals surface area contributed by atoms with E-state index in [0.717, 1.165) is 0 Å². The van der Waals surface area contributed by atoms with Crippen LogP contribution in [0.5, 0.6) is 0 Å². The highest BCUT2D eigenvalue weighted by atomic mass is 32.1. The fraction of sp³-hybridized carbons (Fsp3) is 0.138. The third-order valence-corrected chi connectivity index (χ3v) is 19.9. The second-order valence-corrected chi connectivity index (χ2v) is 25.6. The quantitative estimate of drug-likeness (QED) is 0.153. The van der Waals surface area contributed by atoms with Crippen molar-refractivity contribution in [1.29, 1.82) is 0 Å². The van der Waals surface area contributed by atoms with Crippen LogP contribution in [0, 0.1) is 13.8 Å². The van der Waals surface area contributed by atoms with Gasteiger partial charge in [0.1, 0.15) is 0 Å². The summed E-state index contributed by atoms with van der Waals surface area (Å²) in [7, 11) is 0. The second kappa shape index (κ2) is 16.4. The zero-order valence-electron chi connectivity index (χ0n) is 41.4. The maximum atomic E-state index is 2.71. The van der Waals surface area contributed by atoms with Crippen molar-refractivity contribution in [2.45, 2.75) is 59.8 Å². The lowest BCUT2D eigenvalue weighted by Gasteiger charge is -2.44. The van der Waals surface area contributed by atoms with Crippen molar-refractivity contribution in [3.8, 4) is 31.3 Å². The van der Waals surface area contributed by atoms with E-state index in [0.29, 0.717) is 0 Å². The van der Waals surface area contributed by atoms with Crippen molar-refractivity contribution in [3.63, 3.8) is 0 Å². The molecule has 2 nitrogen and oxygen atoms in total. The van der Waals surface area contributed by atoms with E-state index in [-0.39, 0.29) is 18.0 Å². The van der Waals surface area contributed by atoms with Gasteiger partial charge >= 0.3 is 0 Å². The number of rotatable bonds is 6. The number of hydrogen-bond acceptors (Lipinski definition) is 6. The van der Waals surface area contributed by atoms with Crippen molar-refractivity contribution in [1.82, 2.24) is 0 Å². The van der Waals surface area contributed by atoms with Gasteiger partial charge in [0.05, 0.1) is 11.4 Å². The molecule has 8 aromatic carbocycles. The van der Waals surface area contributed by atoms with Crippen LogP contribution in [0.15, 0.2) is 176 Å². The topological polar surface area (TPSA) is 6.48 Å². The SMILES string of the molecule is Cc1cc(-c2cc3ccccc3s2)cc(C)c1N1c2cc(C(C)C)cc3c2B(c2ccc(-c4cc5ccccc5s4)cc2N3c2cccc(-c3cc4ccccc4s3)c2)c2sc3ccc(C(C)(C)C)cc3c21. The maximum absolute atomic E-state index is 2.71. The first-order chi connectivity index (χ1) is 34.9. The van der Waals surface area contributed by atoms with Crippen LogP contribution in [-0.2, 0) is 5.41 Å². The monoisotopic (exact) mass is 998 g/mol. The number of thiophene rings is 4. The Kier molecular flexibility index (Phi) is 10.0. The summed E-state index contributed by atoms with van der Waals surface area (Å²) in [5.41, 5.74) is 19.3. The Bertz CT molecular complexity index is 4070. The minimum atomic E-state index is -0.0125. The van der Waals surface area contributed by atoms with Gasteiger partial charge in [0.25, 0.3) is 6.71 Å². The molecule has 0 radical (unpaired) electrons. The van der Waals surface area contributed by atoms with Crippen LogP contribution in [0.25, 0.3) is 71.7 Å². The predicted octanol–water partition coefficient (Wildman–Crippen LogP) is 18.7. The molecular formula is C65H51BN2S4. The molecule has 4 aromatic heterocycles. The summed E-state index contributed by atoms with van der Waals surface area (Å²) in [5.74, 6) is 0.288. The summed E-state index contributed by atoms with van der Waals surface area (Å²) in [6.07, 6.45) is 0. The van der Waals surface area contributed by atoms with Crippen LogP contribution in [0.4, 0.5) is 34.1 Å². The Labute approximate surface area is 438 Å². The Morgan fingerprint density at radius 2 is 1.03 bits per heavy atom. The molecule has 0 amide bonds. The minimum Gasteiger partial charge on any atom is -0.311 e. The number of benzene rings is 8. The molecule has 0 spiro atoms. The number of anilines is 6. The first-order valence-electron chi connectivity index (χ1n) is 25.1. The third-order valence-electron chi connectivity index (χ3n) is 15.2. The summed E-state index contributed by atoms with van der Waals surface area (Å²) >= 11 is 7.64. The van der Waals surface area contributed by atoms with Gasteiger partial charge in [-0.3, -0.25) is 0 Å². The molecule has 0 atom stereocenters. The van der Waals surface area contributed by atoms with Crippen LogP contribution in [0.3, 0.4) is 0 Å². The molecule has 2 aliphatic rings. The molecule has 12 aromatic rings. The van der Waals surface area contributed by atoms with Gasteiger partial charge < -0.3 is 9.80 Å². The molecule has 0 saturated heterocycles. The van der Waals surface area contributed by atoms with E-state index in [1.54, 1.807) is 0 Å². The molecule has 0 aliphatic carbocycles. The van der Waals surface area contributed by atoms with E-state index in [1.807, 2.05) is 45.3 Å². The van der Waals surface area contributed by atoms with Crippen LogP contribution >= 0.6 is 45.3 Å². The van der Waals surface area contributed by atoms with Gasteiger partial charge in [-0.1, -0.05) is 120 Å². The highest BCUT2D eigenvalue weighted by molar-refractivity contribution is 7.33. The van der Waals surface area contributed by atoms with Gasteiger partial charge in [0, 0.05) is 66.3 Å². The Morgan fingerprint density at radius 1 is 0.458 bits per heavy atom. The fourth-order valence-corrected chi connectivity index (χ4v) is 16.1. The Balaban J connectivity index is 1.06. The molecule has 6 heterocycles. The first kappa shape index (κ1) is 44.0. The van der Waals surface area contributed by atoms with Gasteiger partial charge in [-0.2, -0.15) is 0 Å². The summed E-state index contributed by atoms with van der Waals surface area (Å²) in [4.78, 5) is 9.22. The minimum absolute atomic E-state index is 0.0125. The number of nitrogens with zero attached hydrogens (tertiary/aromatic N) is 2. The van der Waals surface area contributed by atoms with Gasteiger partial charge in [-0.15, -0.1) is 45.3 Å². The van der Waals surface area contributed by atoms with Crippen LogP contribution < -0.4 is 25.5 Å². The average Bonchev–Trinajstić information content (AvgIpc) is 4.20. The van der Waals surface area contributed by atoms with Gasteiger partial charge in [-0.25, -0.2) is 0 Å². The number of aryl methyl sites for hydroxylation is 2.